The Labute approximate surface area is 151 Å². The summed E-state index contributed by atoms with van der Waals surface area (Å²) in [4.78, 5) is 12.0. The van der Waals surface area contributed by atoms with Crippen LogP contribution in [0.1, 0.15) is 12.5 Å². The highest BCUT2D eigenvalue weighted by Crippen LogP contribution is 2.28. The minimum atomic E-state index is -0.299. The third kappa shape index (κ3) is 4.91. The van der Waals surface area contributed by atoms with Gasteiger partial charge in [-0.2, -0.15) is 0 Å². The zero-order chi connectivity index (χ0) is 17.5. The minimum Gasteiger partial charge on any atom is -0.493 e. The lowest BCUT2D eigenvalue weighted by atomic mass is 10.2. The van der Waals surface area contributed by atoms with Crippen LogP contribution in [0, 0.1) is 0 Å². The molecule has 6 heteroatoms. The number of carbonyl (C=O) groups excluding carboxylic acids is 1. The van der Waals surface area contributed by atoms with Crippen molar-refractivity contribution in [3.63, 3.8) is 0 Å². The van der Waals surface area contributed by atoms with E-state index in [2.05, 4.69) is 5.32 Å². The Morgan fingerprint density at radius 3 is 2.62 bits per heavy atom. The summed E-state index contributed by atoms with van der Waals surface area (Å²) in [6.45, 7) is 2.45. The number of rotatable bonds is 6. The molecule has 2 rings (SSSR count). The largest absolute Gasteiger partial charge is 0.493 e. The van der Waals surface area contributed by atoms with Gasteiger partial charge in [0.2, 0.25) is 5.91 Å². The summed E-state index contributed by atoms with van der Waals surface area (Å²) in [6, 6.07) is 10.3. The van der Waals surface area contributed by atoms with Gasteiger partial charge < -0.3 is 14.8 Å². The Hall–Kier alpha value is -2.17. The van der Waals surface area contributed by atoms with Crippen molar-refractivity contribution in [2.24, 2.45) is 0 Å². The van der Waals surface area contributed by atoms with Gasteiger partial charge in [-0.3, -0.25) is 4.79 Å². The molecule has 1 N–H and O–H groups in total. The molecule has 0 atom stereocenters. The van der Waals surface area contributed by atoms with Crippen molar-refractivity contribution in [2.45, 2.75) is 6.92 Å². The Balaban J connectivity index is 2.08. The van der Waals surface area contributed by atoms with Gasteiger partial charge in [0.05, 0.1) is 24.4 Å². The lowest BCUT2D eigenvalue weighted by Crippen LogP contribution is -2.08. The molecule has 0 aromatic heterocycles. The Morgan fingerprint density at radius 1 is 1.17 bits per heavy atom. The Bertz CT molecular complexity index is 760. The summed E-state index contributed by atoms with van der Waals surface area (Å²) in [5, 5.41) is 3.59. The van der Waals surface area contributed by atoms with Crippen LogP contribution >= 0.6 is 23.2 Å². The van der Waals surface area contributed by atoms with Crippen LogP contribution in [0.5, 0.6) is 11.5 Å². The fourth-order valence-corrected chi connectivity index (χ4v) is 2.46. The molecule has 0 heterocycles. The Kier molecular flexibility index (Phi) is 6.53. The topological polar surface area (TPSA) is 47.6 Å². The number of halogens is 2. The number of amides is 1. The van der Waals surface area contributed by atoms with E-state index in [9.17, 15) is 4.79 Å². The van der Waals surface area contributed by atoms with Crippen molar-refractivity contribution < 1.29 is 14.3 Å². The quantitative estimate of drug-likeness (QED) is 0.728. The van der Waals surface area contributed by atoms with E-state index in [1.54, 1.807) is 43.5 Å². The van der Waals surface area contributed by atoms with Crippen molar-refractivity contribution in [2.75, 3.05) is 19.0 Å². The van der Waals surface area contributed by atoms with Crippen LogP contribution in [-0.4, -0.2) is 19.6 Å². The number of ether oxygens (including phenoxy) is 2. The molecular formula is C18H17Cl2NO3. The first-order chi connectivity index (χ1) is 11.5. The number of benzene rings is 2. The predicted octanol–water partition coefficient (Wildman–Crippen LogP) is 5.05. The van der Waals surface area contributed by atoms with Gasteiger partial charge in [-0.05, 0) is 48.9 Å². The van der Waals surface area contributed by atoms with E-state index in [1.807, 2.05) is 13.0 Å². The molecule has 0 aliphatic carbocycles. The molecule has 0 saturated carbocycles. The van der Waals surface area contributed by atoms with E-state index < -0.39 is 0 Å². The smallest absolute Gasteiger partial charge is 0.248 e. The third-order valence-corrected chi connectivity index (χ3v) is 3.65. The zero-order valence-corrected chi connectivity index (χ0v) is 14.8. The van der Waals surface area contributed by atoms with Gasteiger partial charge in [0, 0.05) is 11.1 Å². The molecule has 4 nitrogen and oxygen atoms in total. The third-order valence-electron chi connectivity index (χ3n) is 3.10. The number of methoxy groups -OCH3 is 1. The average molecular weight is 366 g/mol. The summed E-state index contributed by atoms with van der Waals surface area (Å²) in [7, 11) is 1.57. The second-order valence-corrected chi connectivity index (χ2v) is 5.63. The molecule has 2 aromatic rings. The highest BCUT2D eigenvalue weighted by Gasteiger charge is 2.06. The monoisotopic (exact) mass is 365 g/mol. The van der Waals surface area contributed by atoms with E-state index in [0.29, 0.717) is 33.8 Å². The number of carbonyl (C=O) groups is 1. The normalized spacial score (nSPS) is 10.7. The molecule has 2 aromatic carbocycles. The van der Waals surface area contributed by atoms with Gasteiger partial charge in [0.15, 0.2) is 11.5 Å². The zero-order valence-electron chi connectivity index (χ0n) is 13.3. The van der Waals surface area contributed by atoms with Crippen LogP contribution in [0.25, 0.3) is 6.08 Å². The van der Waals surface area contributed by atoms with Gasteiger partial charge in [0.1, 0.15) is 0 Å². The second-order valence-electron chi connectivity index (χ2n) is 4.79. The van der Waals surface area contributed by atoms with Gasteiger partial charge in [-0.25, -0.2) is 0 Å². The van der Waals surface area contributed by atoms with Gasteiger partial charge in [0.25, 0.3) is 0 Å². The summed E-state index contributed by atoms with van der Waals surface area (Å²) in [5.74, 6) is 0.974. The molecule has 126 valence electrons. The van der Waals surface area contributed by atoms with Gasteiger partial charge >= 0.3 is 0 Å². The molecule has 0 fully saturated rings. The van der Waals surface area contributed by atoms with Gasteiger partial charge in [-0.15, -0.1) is 0 Å². The molecule has 0 spiro atoms. The van der Waals surface area contributed by atoms with Crippen LogP contribution in [0.15, 0.2) is 42.5 Å². The van der Waals surface area contributed by atoms with E-state index in [0.717, 1.165) is 5.56 Å². The van der Waals surface area contributed by atoms with E-state index in [4.69, 9.17) is 32.7 Å². The molecular weight excluding hydrogens is 349 g/mol. The fraction of sp³-hybridized carbons (Fsp3) is 0.167. The maximum absolute atomic E-state index is 12.0. The number of anilines is 1. The van der Waals surface area contributed by atoms with Crippen molar-refractivity contribution in [1.29, 1.82) is 0 Å². The molecule has 0 aliphatic rings. The summed E-state index contributed by atoms with van der Waals surface area (Å²) >= 11 is 11.8. The van der Waals surface area contributed by atoms with Crippen LogP contribution in [0.3, 0.4) is 0 Å². The molecule has 24 heavy (non-hydrogen) atoms. The average Bonchev–Trinajstić information content (AvgIpc) is 2.56. The second kappa shape index (κ2) is 8.62. The first-order valence-electron chi connectivity index (χ1n) is 7.28. The standard InChI is InChI=1S/C18H17Cl2NO3/c1-3-24-16-8-4-12(10-17(16)23-2)5-9-18(22)21-15-7-6-13(19)11-14(15)20/h4-11H,3H2,1-2H3,(H,21,22). The van der Waals surface area contributed by atoms with Crippen LogP contribution < -0.4 is 14.8 Å². The molecule has 0 aliphatic heterocycles. The van der Waals surface area contributed by atoms with Crippen molar-refractivity contribution in [1.82, 2.24) is 0 Å². The van der Waals surface area contributed by atoms with Crippen LogP contribution in [0.2, 0.25) is 10.0 Å². The highest BCUT2D eigenvalue weighted by atomic mass is 35.5. The first-order valence-corrected chi connectivity index (χ1v) is 8.04. The van der Waals surface area contributed by atoms with Crippen molar-refractivity contribution >= 4 is 40.9 Å². The highest BCUT2D eigenvalue weighted by molar-refractivity contribution is 6.36. The minimum absolute atomic E-state index is 0.299. The fourth-order valence-electron chi connectivity index (χ4n) is 2.00. The Morgan fingerprint density at radius 2 is 1.96 bits per heavy atom. The molecule has 0 unspecified atom stereocenters. The molecule has 0 saturated heterocycles. The van der Waals surface area contributed by atoms with Gasteiger partial charge in [-0.1, -0.05) is 29.3 Å². The summed E-state index contributed by atoms with van der Waals surface area (Å²) in [6.07, 6.45) is 3.09. The maximum Gasteiger partial charge on any atom is 0.248 e. The molecule has 1 amide bonds. The van der Waals surface area contributed by atoms with E-state index in [-0.39, 0.29) is 5.91 Å². The molecule has 0 bridgehead atoms. The maximum atomic E-state index is 12.0. The first kappa shape index (κ1) is 18.2. The predicted molar refractivity (Wildman–Crippen MR) is 98.3 cm³/mol. The van der Waals surface area contributed by atoms with Crippen molar-refractivity contribution in [3.05, 3.63) is 58.1 Å². The SMILES string of the molecule is CCOc1ccc(C=CC(=O)Nc2ccc(Cl)cc2Cl)cc1OC. The van der Waals surface area contributed by atoms with Crippen molar-refractivity contribution in [3.8, 4) is 11.5 Å². The number of nitrogens with one attached hydrogen (secondary N) is 1. The number of hydrogen-bond donors (Lipinski definition) is 1. The molecule has 0 radical (unpaired) electrons. The lowest BCUT2D eigenvalue weighted by Gasteiger charge is -2.09. The number of hydrogen-bond acceptors (Lipinski definition) is 3. The lowest BCUT2D eigenvalue weighted by molar-refractivity contribution is -0.111. The van der Waals surface area contributed by atoms with E-state index in [1.165, 1.54) is 6.08 Å². The van der Waals surface area contributed by atoms with Crippen LogP contribution in [0.4, 0.5) is 5.69 Å². The summed E-state index contributed by atoms with van der Waals surface area (Å²) < 4.78 is 10.7. The van der Waals surface area contributed by atoms with E-state index >= 15 is 0 Å². The van der Waals surface area contributed by atoms with Crippen LogP contribution in [-0.2, 0) is 4.79 Å². The summed E-state index contributed by atoms with van der Waals surface area (Å²) in [5.41, 5.74) is 1.31.